The van der Waals surface area contributed by atoms with Gasteiger partial charge in [-0.1, -0.05) is 11.8 Å². The van der Waals surface area contributed by atoms with Crippen molar-refractivity contribution >= 4 is 0 Å². The molecule has 68 valence electrons. The normalized spacial score (nSPS) is 9.00. The van der Waals surface area contributed by atoms with Gasteiger partial charge in [-0.3, -0.25) is 4.98 Å². The number of pyridine rings is 1. The lowest BCUT2D eigenvalue weighted by Crippen LogP contribution is -1.81. The molecule has 0 bridgehead atoms. The Labute approximate surface area is 78.6 Å². The Balaban J connectivity index is 2.31. The first-order valence-corrected chi connectivity index (χ1v) is 4.43. The van der Waals surface area contributed by atoms with E-state index in [2.05, 4.69) is 16.8 Å². The minimum atomic E-state index is 0.259. The molecule has 1 rings (SSSR count). The Morgan fingerprint density at radius 2 is 2.31 bits per heavy atom. The maximum absolute atomic E-state index is 8.52. The van der Waals surface area contributed by atoms with E-state index in [1.54, 1.807) is 12.4 Å². The minimum Gasteiger partial charge on any atom is -0.396 e. The highest BCUT2D eigenvalue weighted by Gasteiger charge is 1.83. The summed E-state index contributed by atoms with van der Waals surface area (Å²) in [6.45, 7) is 0.259. The van der Waals surface area contributed by atoms with Crippen LogP contribution in [-0.2, 0) is 0 Å². The van der Waals surface area contributed by atoms with Gasteiger partial charge in [0.25, 0.3) is 0 Å². The van der Waals surface area contributed by atoms with Crippen molar-refractivity contribution in [1.29, 1.82) is 0 Å². The molecule has 1 aromatic heterocycles. The molecule has 2 heteroatoms. The first kappa shape index (κ1) is 9.76. The average molecular weight is 175 g/mol. The Morgan fingerprint density at radius 3 is 3.00 bits per heavy atom. The number of nitrogens with zero attached hydrogens (tertiary/aromatic N) is 1. The van der Waals surface area contributed by atoms with Gasteiger partial charge in [-0.15, -0.1) is 0 Å². The third-order valence-electron chi connectivity index (χ3n) is 1.60. The molecular formula is C11H13NO. The van der Waals surface area contributed by atoms with E-state index in [9.17, 15) is 0 Å². The van der Waals surface area contributed by atoms with E-state index >= 15 is 0 Å². The molecule has 0 amide bonds. The van der Waals surface area contributed by atoms with Crippen molar-refractivity contribution in [2.45, 2.75) is 19.3 Å². The molecule has 1 N–H and O–H groups in total. The zero-order chi connectivity index (χ0) is 9.36. The summed E-state index contributed by atoms with van der Waals surface area (Å²) in [6.07, 6.45) is 6.12. The van der Waals surface area contributed by atoms with Crippen LogP contribution in [0, 0.1) is 11.8 Å². The van der Waals surface area contributed by atoms with Crippen LogP contribution in [0.2, 0.25) is 0 Å². The summed E-state index contributed by atoms with van der Waals surface area (Å²) in [7, 11) is 0. The van der Waals surface area contributed by atoms with Crippen molar-refractivity contribution in [3.63, 3.8) is 0 Å². The summed E-state index contributed by atoms with van der Waals surface area (Å²) in [5, 5.41) is 8.52. The van der Waals surface area contributed by atoms with Gasteiger partial charge in [0.2, 0.25) is 0 Å². The minimum absolute atomic E-state index is 0.259. The van der Waals surface area contributed by atoms with E-state index < -0.39 is 0 Å². The molecule has 0 saturated heterocycles. The van der Waals surface area contributed by atoms with Crippen LogP contribution in [0.5, 0.6) is 0 Å². The molecule has 1 heterocycles. The Kier molecular flexibility index (Phi) is 4.66. The van der Waals surface area contributed by atoms with Crippen molar-refractivity contribution < 1.29 is 5.11 Å². The average Bonchev–Trinajstić information content (AvgIpc) is 2.19. The van der Waals surface area contributed by atoms with Crippen LogP contribution in [-0.4, -0.2) is 16.7 Å². The van der Waals surface area contributed by atoms with Crippen LogP contribution in [0.4, 0.5) is 0 Å². The molecule has 1 aromatic rings. The van der Waals surface area contributed by atoms with Gasteiger partial charge in [-0.05, 0) is 25.0 Å². The van der Waals surface area contributed by atoms with E-state index in [1.807, 2.05) is 12.1 Å². The second-order valence-electron chi connectivity index (χ2n) is 2.72. The van der Waals surface area contributed by atoms with Gasteiger partial charge in [0.1, 0.15) is 0 Å². The fourth-order valence-corrected chi connectivity index (χ4v) is 0.926. The van der Waals surface area contributed by atoms with Crippen LogP contribution in [0.1, 0.15) is 24.8 Å². The first-order valence-electron chi connectivity index (χ1n) is 4.43. The smallest absolute Gasteiger partial charge is 0.0431 e. The summed E-state index contributed by atoms with van der Waals surface area (Å²) < 4.78 is 0. The third-order valence-corrected chi connectivity index (χ3v) is 1.60. The van der Waals surface area contributed by atoms with Gasteiger partial charge in [-0.25, -0.2) is 0 Å². The molecule has 0 aliphatic heterocycles. The number of aromatic nitrogens is 1. The maximum Gasteiger partial charge on any atom is 0.0431 e. The SMILES string of the molecule is OCCCCC#Cc1cccnc1. The molecule has 0 saturated carbocycles. The lowest BCUT2D eigenvalue weighted by molar-refractivity contribution is 0.285. The number of aliphatic hydroxyl groups is 1. The largest absolute Gasteiger partial charge is 0.396 e. The lowest BCUT2D eigenvalue weighted by Gasteiger charge is -1.88. The zero-order valence-corrected chi connectivity index (χ0v) is 7.53. The van der Waals surface area contributed by atoms with Crippen LogP contribution >= 0.6 is 0 Å². The molecule has 0 unspecified atom stereocenters. The van der Waals surface area contributed by atoms with Gasteiger partial charge >= 0.3 is 0 Å². The van der Waals surface area contributed by atoms with Crippen molar-refractivity contribution in [3.8, 4) is 11.8 Å². The molecular weight excluding hydrogens is 162 g/mol. The number of hydrogen-bond donors (Lipinski definition) is 1. The predicted molar refractivity (Wildman–Crippen MR) is 52.1 cm³/mol. The lowest BCUT2D eigenvalue weighted by atomic mass is 10.2. The summed E-state index contributed by atoms with van der Waals surface area (Å²) >= 11 is 0. The molecule has 0 aliphatic carbocycles. The first-order chi connectivity index (χ1) is 6.43. The van der Waals surface area contributed by atoms with E-state index in [0.29, 0.717) is 0 Å². The fourth-order valence-electron chi connectivity index (χ4n) is 0.926. The van der Waals surface area contributed by atoms with Crippen molar-refractivity contribution in [1.82, 2.24) is 4.98 Å². The summed E-state index contributed by atoms with van der Waals surface area (Å²) in [4.78, 5) is 3.96. The monoisotopic (exact) mass is 175 g/mol. The number of unbranched alkanes of at least 4 members (excludes halogenated alkanes) is 2. The topological polar surface area (TPSA) is 33.1 Å². The Bertz CT molecular complexity index is 284. The quantitative estimate of drug-likeness (QED) is 0.559. The predicted octanol–water partition coefficient (Wildman–Crippen LogP) is 1.60. The molecule has 0 radical (unpaired) electrons. The van der Waals surface area contributed by atoms with Crippen LogP contribution in [0.3, 0.4) is 0 Å². The van der Waals surface area contributed by atoms with Crippen LogP contribution in [0.25, 0.3) is 0 Å². The zero-order valence-electron chi connectivity index (χ0n) is 7.53. The molecule has 0 atom stereocenters. The fraction of sp³-hybridized carbons (Fsp3) is 0.364. The van der Waals surface area contributed by atoms with Crippen molar-refractivity contribution in [2.24, 2.45) is 0 Å². The van der Waals surface area contributed by atoms with E-state index in [4.69, 9.17) is 5.11 Å². The Hall–Kier alpha value is -1.33. The van der Waals surface area contributed by atoms with Crippen LogP contribution < -0.4 is 0 Å². The standard InChI is InChI=1S/C11H13NO/c13-9-4-2-1-3-6-11-7-5-8-12-10-11/h5,7-8,10,13H,1-2,4,9H2. The summed E-state index contributed by atoms with van der Waals surface area (Å²) in [5.74, 6) is 6.04. The Morgan fingerprint density at radius 1 is 1.38 bits per heavy atom. The third kappa shape index (κ3) is 4.29. The summed E-state index contributed by atoms with van der Waals surface area (Å²) in [6, 6.07) is 3.81. The number of rotatable bonds is 3. The van der Waals surface area contributed by atoms with Gasteiger partial charge in [-0.2, -0.15) is 0 Å². The highest BCUT2D eigenvalue weighted by Crippen LogP contribution is 1.94. The van der Waals surface area contributed by atoms with Gasteiger partial charge in [0, 0.05) is 31.0 Å². The van der Waals surface area contributed by atoms with Crippen molar-refractivity contribution in [3.05, 3.63) is 30.1 Å². The molecule has 0 fully saturated rings. The molecule has 0 spiro atoms. The highest BCUT2D eigenvalue weighted by molar-refractivity contribution is 5.30. The molecule has 0 aromatic carbocycles. The van der Waals surface area contributed by atoms with E-state index in [1.165, 1.54) is 0 Å². The molecule has 0 aliphatic rings. The molecule has 13 heavy (non-hydrogen) atoms. The van der Waals surface area contributed by atoms with Crippen LogP contribution in [0.15, 0.2) is 24.5 Å². The number of aliphatic hydroxyl groups excluding tert-OH is 1. The molecule has 2 nitrogen and oxygen atoms in total. The van der Waals surface area contributed by atoms with E-state index in [-0.39, 0.29) is 6.61 Å². The maximum atomic E-state index is 8.52. The van der Waals surface area contributed by atoms with E-state index in [0.717, 1.165) is 24.8 Å². The second-order valence-corrected chi connectivity index (χ2v) is 2.72. The van der Waals surface area contributed by atoms with Gasteiger partial charge in [0.15, 0.2) is 0 Å². The van der Waals surface area contributed by atoms with Gasteiger partial charge in [0.05, 0.1) is 0 Å². The van der Waals surface area contributed by atoms with Crippen molar-refractivity contribution in [2.75, 3.05) is 6.61 Å². The van der Waals surface area contributed by atoms with Gasteiger partial charge < -0.3 is 5.11 Å². The number of hydrogen-bond acceptors (Lipinski definition) is 2. The summed E-state index contributed by atoms with van der Waals surface area (Å²) in [5.41, 5.74) is 0.950. The highest BCUT2D eigenvalue weighted by atomic mass is 16.2. The second kappa shape index (κ2) is 6.22.